The maximum Gasteiger partial charge on any atom is 0.416 e. The van der Waals surface area contributed by atoms with E-state index in [1.54, 1.807) is 6.07 Å². The molecule has 8 heteroatoms. The summed E-state index contributed by atoms with van der Waals surface area (Å²) in [6, 6.07) is 12.5. The van der Waals surface area contributed by atoms with E-state index in [9.17, 15) is 18.0 Å². The molecule has 0 heterocycles. The van der Waals surface area contributed by atoms with E-state index in [-0.39, 0.29) is 18.2 Å². The van der Waals surface area contributed by atoms with Gasteiger partial charge in [-0.25, -0.2) is 4.79 Å². The van der Waals surface area contributed by atoms with Crippen molar-refractivity contribution in [2.24, 2.45) is 0 Å². The average molecular weight is 452 g/mol. The first-order valence-electron chi connectivity index (χ1n) is 10.7. The van der Waals surface area contributed by atoms with E-state index in [0.717, 1.165) is 30.5 Å². The lowest BCUT2D eigenvalue weighted by molar-refractivity contribution is -0.137. The fourth-order valence-electron chi connectivity index (χ4n) is 3.09. The van der Waals surface area contributed by atoms with Crippen LogP contribution in [0.3, 0.4) is 0 Å². The minimum atomic E-state index is -4.40. The summed E-state index contributed by atoms with van der Waals surface area (Å²) in [4.78, 5) is 11.9. The SMILES string of the molecule is CCCC(COC(=O)NC(C)(C)C)NCc1ccccc1Nc1cccc(C(F)(F)F)c1. The van der Waals surface area contributed by atoms with E-state index in [0.29, 0.717) is 17.9 Å². The lowest BCUT2D eigenvalue weighted by atomic mass is 10.1. The Morgan fingerprint density at radius 2 is 1.78 bits per heavy atom. The predicted molar refractivity (Wildman–Crippen MR) is 121 cm³/mol. The zero-order chi connectivity index (χ0) is 23.8. The highest BCUT2D eigenvalue weighted by molar-refractivity contribution is 5.68. The van der Waals surface area contributed by atoms with Gasteiger partial charge in [0.25, 0.3) is 0 Å². The zero-order valence-electron chi connectivity index (χ0n) is 19.0. The molecular formula is C24H32F3N3O2. The normalized spacial score (nSPS) is 12.8. The minimum absolute atomic E-state index is 0.0488. The van der Waals surface area contributed by atoms with Gasteiger partial charge in [0.05, 0.1) is 5.56 Å². The number of anilines is 2. The van der Waals surface area contributed by atoms with Gasteiger partial charge in [-0.2, -0.15) is 13.2 Å². The molecular weight excluding hydrogens is 419 g/mol. The molecule has 0 aliphatic heterocycles. The van der Waals surface area contributed by atoms with Gasteiger partial charge in [0, 0.05) is 29.5 Å². The van der Waals surface area contributed by atoms with Crippen LogP contribution in [-0.2, 0) is 17.5 Å². The molecule has 1 atom stereocenters. The number of para-hydroxylation sites is 1. The van der Waals surface area contributed by atoms with Gasteiger partial charge in [0.15, 0.2) is 0 Å². The van der Waals surface area contributed by atoms with Crippen molar-refractivity contribution in [3.8, 4) is 0 Å². The predicted octanol–water partition coefficient (Wildman–Crippen LogP) is 6.23. The number of rotatable bonds is 9. The van der Waals surface area contributed by atoms with Crippen LogP contribution in [0, 0.1) is 0 Å². The lowest BCUT2D eigenvalue weighted by Gasteiger charge is -2.23. The standard InChI is InChI=1S/C24H32F3N3O2/c1-5-9-20(16-32-22(31)30-23(2,3)4)28-15-17-10-6-7-13-21(17)29-19-12-8-11-18(14-19)24(25,26)27/h6-8,10-14,20,28-29H,5,9,15-16H2,1-4H3,(H,30,31). The van der Waals surface area contributed by atoms with Crippen molar-refractivity contribution in [3.63, 3.8) is 0 Å². The molecule has 1 amide bonds. The van der Waals surface area contributed by atoms with Crippen molar-refractivity contribution in [2.45, 2.75) is 64.8 Å². The summed E-state index contributed by atoms with van der Waals surface area (Å²) in [6.45, 7) is 8.38. The van der Waals surface area contributed by atoms with E-state index < -0.39 is 17.8 Å². The van der Waals surface area contributed by atoms with Crippen LogP contribution in [0.15, 0.2) is 48.5 Å². The summed E-state index contributed by atoms with van der Waals surface area (Å²) >= 11 is 0. The van der Waals surface area contributed by atoms with E-state index in [1.807, 2.05) is 52.0 Å². The van der Waals surface area contributed by atoms with Crippen molar-refractivity contribution >= 4 is 17.5 Å². The number of ether oxygens (including phenoxy) is 1. The average Bonchev–Trinajstić information content (AvgIpc) is 2.69. The van der Waals surface area contributed by atoms with Crippen molar-refractivity contribution in [1.29, 1.82) is 0 Å². The van der Waals surface area contributed by atoms with Crippen molar-refractivity contribution in [2.75, 3.05) is 11.9 Å². The van der Waals surface area contributed by atoms with Gasteiger partial charge in [-0.15, -0.1) is 0 Å². The number of nitrogens with one attached hydrogen (secondary N) is 3. The molecule has 0 bridgehead atoms. The maximum atomic E-state index is 13.0. The Hall–Kier alpha value is -2.74. The van der Waals surface area contributed by atoms with E-state index in [2.05, 4.69) is 16.0 Å². The van der Waals surface area contributed by atoms with Crippen LogP contribution in [0.2, 0.25) is 0 Å². The van der Waals surface area contributed by atoms with E-state index >= 15 is 0 Å². The van der Waals surface area contributed by atoms with Crippen LogP contribution in [-0.4, -0.2) is 24.3 Å². The van der Waals surface area contributed by atoms with E-state index in [1.165, 1.54) is 6.07 Å². The summed E-state index contributed by atoms with van der Waals surface area (Å²) in [6.07, 6.45) is -3.14. The van der Waals surface area contributed by atoms with Gasteiger partial charge >= 0.3 is 12.3 Å². The Kier molecular flexibility index (Phi) is 8.95. The largest absolute Gasteiger partial charge is 0.448 e. The number of hydrogen-bond acceptors (Lipinski definition) is 4. The summed E-state index contributed by atoms with van der Waals surface area (Å²) in [5, 5.41) is 9.24. The molecule has 32 heavy (non-hydrogen) atoms. The number of amides is 1. The molecule has 5 nitrogen and oxygen atoms in total. The van der Waals surface area contributed by atoms with Gasteiger partial charge in [-0.3, -0.25) is 0 Å². The summed E-state index contributed by atoms with van der Waals surface area (Å²) < 4.78 is 44.4. The van der Waals surface area contributed by atoms with Crippen LogP contribution >= 0.6 is 0 Å². The highest BCUT2D eigenvalue weighted by atomic mass is 19.4. The molecule has 0 spiro atoms. The second-order valence-electron chi connectivity index (χ2n) is 8.70. The Morgan fingerprint density at radius 1 is 1.06 bits per heavy atom. The molecule has 1 unspecified atom stereocenters. The molecule has 0 aliphatic carbocycles. The smallest absolute Gasteiger partial charge is 0.416 e. The van der Waals surface area contributed by atoms with Gasteiger partial charge in [-0.1, -0.05) is 37.6 Å². The van der Waals surface area contributed by atoms with Crippen LogP contribution in [0.5, 0.6) is 0 Å². The first kappa shape index (κ1) is 25.5. The lowest BCUT2D eigenvalue weighted by Crippen LogP contribution is -2.43. The molecule has 2 rings (SSSR count). The summed E-state index contributed by atoms with van der Waals surface area (Å²) in [5.41, 5.74) is 0.885. The Morgan fingerprint density at radius 3 is 2.44 bits per heavy atom. The number of alkyl halides is 3. The Bertz CT molecular complexity index is 879. The van der Waals surface area contributed by atoms with Crippen molar-refractivity contribution in [3.05, 3.63) is 59.7 Å². The number of benzene rings is 2. The van der Waals surface area contributed by atoms with Gasteiger partial charge in [0.1, 0.15) is 6.61 Å². The van der Waals surface area contributed by atoms with E-state index in [4.69, 9.17) is 4.74 Å². The first-order valence-corrected chi connectivity index (χ1v) is 10.7. The molecule has 0 fully saturated rings. The third-order valence-electron chi connectivity index (χ3n) is 4.60. The maximum absolute atomic E-state index is 13.0. The van der Waals surface area contributed by atoms with Crippen molar-refractivity contribution in [1.82, 2.24) is 10.6 Å². The second kappa shape index (κ2) is 11.2. The minimum Gasteiger partial charge on any atom is -0.448 e. The van der Waals surface area contributed by atoms with Crippen LogP contribution < -0.4 is 16.0 Å². The number of halogens is 3. The van der Waals surface area contributed by atoms with Crippen LogP contribution in [0.1, 0.15) is 51.7 Å². The molecule has 0 aromatic heterocycles. The Labute approximate surface area is 187 Å². The molecule has 0 aliphatic rings. The summed E-state index contributed by atoms with van der Waals surface area (Å²) in [7, 11) is 0. The van der Waals surface area contributed by atoms with Gasteiger partial charge in [-0.05, 0) is 57.0 Å². The van der Waals surface area contributed by atoms with Gasteiger partial charge in [0.2, 0.25) is 0 Å². The number of carbonyl (C=O) groups is 1. The van der Waals surface area contributed by atoms with Crippen molar-refractivity contribution < 1.29 is 22.7 Å². The fourth-order valence-corrected chi connectivity index (χ4v) is 3.09. The molecule has 176 valence electrons. The quantitative estimate of drug-likeness (QED) is 0.423. The third-order valence-corrected chi connectivity index (χ3v) is 4.60. The highest BCUT2D eigenvalue weighted by Crippen LogP contribution is 2.31. The number of carbonyl (C=O) groups excluding carboxylic acids is 1. The monoisotopic (exact) mass is 451 g/mol. The second-order valence-corrected chi connectivity index (χ2v) is 8.70. The molecule has 0 saturated carbocycles. The topological polar surface area (TPSA) is 62.4 Å². The molecule has 2 aromatic carbocycles. The zero-order valence-corrected chi connectivity index (χ0v) is 19.0. The first-order chi connectivity index (χ1) is 15.0. The molecule has 0 saturated heterocycles. The third kappa shape index (κ3) is 8.78. The molecule has 0 radical (unpaired) electrons. The fraction of sp³-hybridized carbons (Fsp3) is 0.458. The van der Waals surface area contributed by atoms with Gasteiger partial charge < -0.3 is 20.7 Å². The number of hydrogen-bond donors (Lipinski definition) is 3. The molecule has 2 aromatic rings. The van der Waals surface area contributed by atoms with Crippen LogP contribution in [0.4, 0.5) is 29.3 Å². The number of alkyl carbamates (subject to hydrolysis) is 1. The highest BCUT2D eigenvalue weighted by Gasteiger charge is 2.30. The van der Waals surface area contributed by atoms with Crippen LogP contribution in [0.25, 0.3) is 0 Å². The molecule has 3 N–H and O–H groups in total. The Balaban J connectivity index is 2.02. The summed E-state index contributed by atoms with van der Waals surface area (Å²) in [5.74, 6) is 0.